The lowest BCUT2D eigenvalue weighted by Crippen LogP contribution is -2.05. The summed E-state index contributed by atoms with van der Waals surface area (Å²) in [6, 6.07) is 10.8. The van der Waals surface area contributed by atoms with Gasteiger partial charge in [0, 0.05) is 6.20 Å². The first kappa shape index (κ1) is 12.9. The maximum atomic E-state index is 11.7. The Morgan fingerprint density at radius 3 is 2.61 bits per heavy atom. The number of rotatable bonds is 3. The molecule has 0 aliphatic heterocycles. The van der Waals surface area contributed by atoms with Gasteiger partial charge in [-0.1, -0.05) is 53.5 Å². The number of carbonyl (C=O) groups excluding carboxylic acids is 1. The molecule has 0 spiro atoms. The molecule has 2 rings (SSSR count). The molecule has 1 aromatic heterocycles. The SMILES string of the molecule is O=C(OCc1ccccc1)c1cnc(Cl)c(Cl)c1. The fourth-order valence-corrected chi connectivity index (χ4v) is 1.61. The van der Waals surface area contributed by atoms with Crippen LogP contribution in [0.3, 0.4) is 0 Å². The highest BCUT2D eigenvalue weighted by atomic mass is 35.5. The summed E-state index contributed by atoms with van der Waals surface area (Å²) in [5.41, 5.74) is 1.19. The van der Waals surface area contributed by atoms with Crippen LogP contribution in [0.5, 0.6) is 0 Å². The third-order valence-electron chi connectivity index (χ3n) is 2.24. The lowest BCUT2D eigenvalue weighted by molar-refractivity contribution is 0.0472. The molecule has 2 aromatic rings. The Morgan fingerprint density at radius 2 is 1.94 bits per heavy atom. The molecule has 92 valence electrons. The van der Waals surface area contributed by atoms with Crippen LogP contribution in [-0.2, 0) is 11.3 Å². The third-order valence-corrected chi connectivity index (χ3v) is 2.93. The van der Waals surface area contributed by atoms with Gasteiger partial charge in [0.15, 0.2) is 0 Å². The molecule has 3 nitrogen and oxygen atoms in total. The Kier molecular flexibility index (Phi) is 4.18. The number of hydrogen-bond donors (Lipinski definition) is 0. The molecule has 0 amide bonds. The number of hydrogen-bond acceptors (Lipinski definition) is 3. The number of aromatic nitrogens is 1. The van der Waals surface area contributed by atoms with Gasteiger partial charge in [0.1, 0.15) is 11.8 Å². The van der Waals surface area contributed by atoms with Crippen molar-refractivity contribution >= 4 is 29.2 Å². The number of pyridine rings is 1. The lowest BCUT2D eigenvalue weighted by atomic mass is 10.2. The minimum absolute atomic E-state index is 0.163. The second kappa shape index (κ2) is 5.85. The molecule has 0 N–H and O–H groups in total. The van der Waals surface area contributed by atoms with Gasteiger partial charge in [0.2, 0.25) is 0 Å². The molecular weight excluding hydrogens is 273 g/mol. The van der Waals surface area contributed by atoms with Crippen molar-refractivity contribution in [3.05, 3.63) is 63.9 Å². The second-order valence-electron chi connectivity index (χ2n) is 3.56. The van der Waals surface area contributed by atoms with Crippen LogP contribution in [0.1, 0.15) is 15.9 Å². The summed E-state index contributed by atoms with van der Waals surface area (Å²) in [5.74, 6) is -0.482. The number of esters is 1. The Balaban J connectivity index is 2.02. The van der Waals surface area contributed by atoms with E-state index in [1.165, 1.54) is 12.3 Å². The van der Waals surface area contributed by atoms with Crippen molar-refractivity contribution in [3.8, 4) is 0 Å². The summed E-state index contributed by atoms with van der Waals surface area (Å²) in [6.07, 6.45) is 1.33. The number of benzene rings is 1. The zero-order valence-corrected chi connectivity index (χ0v) is 10.8. The largest absolute Gasteiger partial charge is 0.457 e. The van der Waals surface area contributed by atoms with E-state index in [4.69, 9.17) is 27.9 Å². The van der Waals surface area contributed by atoms with E-state index < -0.39 is 5.97 Å². The number of halogens is 2. The van der Waals surface area contributed by atoms with Gasteiger partial charge in [-0.15, -0.1) is 0 Å². The van der Waals surface area contributed by atoms with Crippen molar-refractivity contribution in [2.45, 2.75) is 6.61 Å². The molecular formula is C13H9Cl2NO2. The van der Waals surface area contributed by atoms with E-state index in [9.17, 15) is 4.79 Å². The second-order valence-corrected chi connectivity index (χ2v) is 4.32. The van der Waals surface area contributed by atoms with Crippen molar-refractivity contribution < 1.29 is 9.53 Å². The molecule has 18 heavy (non-hydrogen) atoms. The summed E-state index contributed by atoms with van der Waals surface area (Å²) in [5, 5.41) is 0.391. The van der Waals surface area contributed by atoms with Crippen LogP contribution in [-0.4, -0.2) is 11.0 Å². The maximum Gasteiger partial charge on any atom is 0.340 e. The van der Waals surface area contributed by atoms with Gasteiger partial charge in [-0.3, -0.25) is 0 Å². The van der Waals surface area contributed by atoms with Crippen molar-refractivity contribution in [3.63, 3.8) is 0 Å². The highest BCUT2D eigenvalue weighted by molar-refractivity contribution is 6.41. The Morgan fingerprint density at radius 1 is 1.22 bits per heavy atom. The van der Waals surface area contributed by atoms with Crippen LogP contribution < -0.4 is 0 Å². The van der Waals surface area contributed by atoms with Crippen molar-refractivity contribution in [2.75, 3.05) is 0 Å². The van der Waals surface area contributed by atoms with E-state index in [1.807, 2.05) is 30.3 Å². The van der Waals surface area contributed by atoms with Gasteiger partial charge >= 0.3 is 5.97 Å². The molecule has 0 aliphatic rings. The minimum atomic E-state index is -0.482. The molecule has 0 aliphatic carbocycles. The predicted molar refractivity (Wildman–Crippen MR) is 69.8 cm³/mol. The van der Waals surface area contributed by atoms with Crippen LogP contribution in [0.4, 0.5) is 0 Å². The average molecular weight is 282 g/mol. The number of nitrogens with zero attached hydrogens (tertiary/aromatic N) is 1. The molecule has 0 radical (unpaired) electrons. The molecule has 0 bridgehead atoms. The summed E-state index contributed by atoms with van der Waals surface area (Å²) < 4.78 is 5.13. The molecule has 5 heteroatoms. The monoisotopic (exact) mass is 281 g/mol. The van der Waals surface area contributed by atoms with E-state index in [0.29, 0.717) is 0 Å². The van der Waals surface area contributed by atoms with Gasteiger partial charge < -0.3 is 4.74 Å². The molecule has 1 aromatic carbocycles. The van der Waals surface area contributed by atoms with E-state index in [0.717, 1.165) is 5.56 Å². The van der Waals surface area contributed by atoms with Crippen LogP contribution in [0.2, 0.25) is 10.2 Å². The molecule has 0 atom stereocenters. The van der Waals surface area contributed by atoms with Crippen LogP contribution >= 0.6 is 23.2 Å². The van der Waals surface area contributed by atoms with Gasteiger partial charge in [-0.2, -0.15) is 0 Å². The van der Waals surface area contributed by atoms with Crippen molar-refractivity contribution in [1.29, 1.82) is 0 Å². The summed E-state index contributed by atoms with van der Waals surface area (Å²) in [6.45, 7) is 0.208. The first-order chi connectivity index (χ1) is 8.66. The van der Waals surface area contributed by atoms with Gasteiger partial charge in [-0.25, -0.2) is 9.78 Å². The van der Waals surface area contributed by atoms with Crippen LogP contribution in [0, 0.1) is 0 Å². The van der Waals surface area contributed by atoms with E-state index in [-0.39, 0.29) is 22.3 Å². The van der Waals surface area contributed by atoms with Crippen molar-refractivity contribution in [2.24, 2.45) is 0 Å². The van der Waals surface area contributed by atoms with Crippen molar-refractivity contribution in [1.82, 2.24) is 4.98 Å². The standard InChI is InChI=1S/C13H9Cl2NO2/c14-11-6-10(7-16-12(11)15)13(17)18-8-9-4-2-1-3-5-9/h1-7H,8H2. The molecule has 0 saturated carbocycles. The van der Waals surface area contributed by atoms with Crippen LogP contribution in [0.25, 0.3) is 0 Å². The van der Waals surface area contributed by atoms with Crippen LogP contribution in [0.15, 0.2) is 42.6 Å². The Hall–Kier alpha value is -1.58. The van der Waals surface area contributed by atoms with E-state index in [1.54, 1.807) is 0 Å². The normalized spacial score (nSPS) is 10.1. The number of ether oxygens (including phenoxy) is 1. The maximum absolute atomic E-state index is 11.7. The van der Waals surface area contributed by atoms with Gasteiger partial charge in [0.25, 0.3) is 0 Å². The highest BCUT2D eigenvalue weighted by Gasteiger charge is 2.10. The zero-order valence-electron chi connectivity index (χ0n) is 9.27. The molecule has 0 fully saturated rings. The van der Waals surface area contributed by atoms with Gasteiger partial charge in [0.05, 0.1) is 10.6 Å². The summed E-state index contributed by atoms with van der Waals surface area (Å²) in [7, 11) is 0. The average Bonchev–Trinajstić information content (AvgIpc) is 2.40. The highest BCUT2D eigenvalue weighted by Crippen LogP contribution is 2.20. The Bertz CT molecular complexity index is 558. The predicted octanol–water partition coefficient (Wildman–Crippen LogP) is 3.75. The fraction of sp³-hybridized carbons (Fsp3) is 0.0769. The molecule has 0 unspecified atom stereocenters. The number of carbonyl (C=O) groups is 1. The zero-order chi connectivity index (χ0) is 13.0. The smallest absolute Gasteiger partial charge is 0.340 e. The molecule has 0 saturated heterocycles. The Labute approximate surface area is 114 Å². The lowest BCUT2D eigenvalue weighted by Gasteiger charge is -2.05. The summed E-state index contributed by atoms with van der Waals surface area (Å²) >= 11 is 11.4. The first-order valence-electron chi connectivity index (χ1n) is 5.19. The van der Waals surface area contributed by atoms with E-state index >= 15 is 0 Å². The first-order valence-corrected chi connectivity index (χ1v) is 5.94. The van der Waals surface area contributed by atoms with Gasteiger partial charge in [-0.05, 0) is 11.6 Å². The minimum Gasteiger partial charge on any atom is -0.457 e. The van der Waals surface area contributed by atoms with E-state index in [2.05, 4.69) is 4.98 Å². The summed E-state index contributed by atoms with van der Waals surface area (Å²) in [4.78, 5) is 15.5. The molecule has 1 heterocycles. The third kappa shape index (κ3) is 3.22. The fourth-order valence-electron chi connectivity index (χ4n) is 1.34. The topological polar surface area (TPSA) is 39.2 Å². The quantitative estimate of drug-likeness (QED) is 0.635.